The lowest BCUT2D eigenvalue weighted by Crippen LogP contribution is -2.25. The van der Waals surface area contributed by atoms with Gasteiger partial charge in [0.15, 0.2) is 0 Å². The predicted molar refractivity (Wildman–Crippen MR) is 93.1 cm³/mol. The molecule has 2 N–H and O–H groups in total. The number of anilines is 1. The molecule has 0 bridgehead atoms. The molecule has 2 aromatic carbocycles. The highest BCUT2D eigenvalue weighted by atomic mass is 19.1. The molecule has 3 aromatic rings. The van der Waals surface area contributed by atoms with Gasteiger partial charge in [0.2, 0.25) is 0 Å². The monoisotopic (exact) mass is 377 g/mol. The Bertz CT molecular complexity index is 1080. The van der Waals surface area contributed by atoms with Crippen LogP contribution in [0.2, 0.25) is 0 Å². The molecule has 0 radical (unpaired) electrons. The molecule has 1 atom stereocenters. The van der Waals surface area contributed by atoms with Crippen molar-refractivity contribution in [2.45, 2.75) is 24.9 Å². The number of halogens is 4. The molecular weight excluding hydrogens is 362 g/mol. The van der Waals surface area contributed by atoms with Crippen LogP contribution >= 0.6 is 0 Å². The lowest BCUT2D eigenvalue weighted by Gasteiger charge is -2.26. The SMILES string of the molecule is FC1CC1.O=c1[nH]nc2c3c(cc(F)cc13)NCC2c1ccc(F)cc1F. The zero-order valence-electron chi connectivity index (χ0n) is 14.0. The normalized spacial score (nSPS) is 17.9. The van der Waals surface area contributed by atoms with Gasteiger partial charge >= 0.3 is 0 Å². The first kappa shape index (κ1) is 17.5. The second kappa shape index (κ2) is 6.68. The summed E-state index contributed by atoms with van der Waals surface area (Å²) in [7, 11) is 0. The van der Waals surface area contributed by atoms with Crippen molar-refractivity contribution in [1.82, 2.24) is 10.2 Å². The standard InChI is InChI=1S/C16H10F3N3O.C3H5F/c17-7-1-2-9(12(19)4-7)11-6-20-13-5-8(18)3-10-14(13)15(11)21-22-16(10)23;4-3-1-2-3/h1-5,11,20H,6H2,(H,22,23);3H,1-2H2. The maximum absolute atomic E-state index is 14.1. The number of benzene rings is 2. The Morgan fingerprint density at radius 2 is 1.78 bits per heavy atom. The summed E-state index contributed by atoms with van der Waals surface area (Å²) >= 11 is 0. The number of rotatable bonds is 1. The van der Waals surface area contributed by atoms with Gasteiger partial charge in [-0.1, -0.05) is 6.07 Å². The average Bonchev–Trinajstić information content (AvgIpc) is 3.41. The lowest BCUT2D eigenvalue weighted by molar-refractivity contribution is 0.480. The highest BCUT2D eigenvalue weighted by molar-refractivity contribution is 5.97. The lowest BCUT2D eigenvalue weighted by atomic mass is 9.88. The van der Waals surface area contributed by atoms with Gasteiger partial charge < -0.3 is 5.32 Å². The van der Waals surface area contributed by atoms with E-state index in [4.69, 9.17) is 0 Å². The molecule has 1 aromatic heterocycles. The summed E-state index contributed by atoms with van der Waals surface area (Å²) in [6.45, 7) is 0.257. The van der Waals surface area contributed by atoms with E-state index in [-0.39, 0.29) is 17.5 Å². The fourth-order valence-electron chi connectivity index (χ4n) is 3.09. The first-order valence-electron chi connectivity index (χ1n) is 8.48. The highest BCUT2D eigenvalue weighted by Gasteiger charge is 2.28. The second-order valence-corrected chi connectivity index (χ2v) is 6.59. The molecule has 1 saturated carbocycles. The Kier molecular flexibility index (Phi) is 4.33. The fourth-order valence-corrected chi connectivity index (χ4v) is 3.09. The van der Waals surface area contributed by atoms with Crippen LogP contribution in [0.4, 0.5) is 23.2 Å². The Morgan fingerprint density at radius 1 is 1.04 bits per heavy atom. The van der Waals surface area contributed by atoms with Gasteiger partial charge in [-0.3, -0.25) is 4.79 Å². The summed E-state index contributed by atoms with van der Waals surface area (Å²) in [6, 6.07) is 5.71. The van der Waals surface area contributed by atoms with Gasteiger partial charge in [-0.25, -0.2) is 22.7 Å². The zero-order chi connectivity index (χ0) is 19.1. The van der Waals surface area contributed by atoms with E-state index < -0.39 is 35.1 Å². The Morgan fingerprint density at radius 3 is 2.44 bits per heavy atom. The highest BCUT2D eigenvalue weighted by Crippen LogP contribution is 2.37. The summed E-state index contributed by atoms with van der Waals surface area (Å²) in [5.41, 5.74) is 0.604. The molecular formula is C19H15F4N3O. The number of H-pyrrole nitrogens is 1. The third-order valence-electron chi connectivity index (χ3n) is 4.55. The van der Waals surface area contributed by atoms with Crippen molar-refractivity contribution in [2.75, 3.05) is 11.9 Å². The fraction of sp³-hybridized carbons (Fsp3) is 0.263. The van der Waals surface area contributed by atoms with E-state index in [1.54, 1.807) is 0 Å². The van der Waals surface area contributed by atoms with Gasteiger partial charge in [-0.05, 0) is 36.6 Å². The van der Waals surface area contributed by atoms with Gasteiger partial charge in [0.05, 0.1) is 11.1 Å². The molecule has 0 spiro atoms. The molecule has 8 heteroatoms. The zero-order valence-corrected chi connectivity index (χ0v) is 14.0. The Labute approximate surface area is 151 Å². The van der Waals surface area contributed by atoms with E-state index in [2.05, 4.69) is 15.5 Å². The van der Waals surface area contributed by atoms with Gasteiger partial charge in [0.1, 0.15) is 23.6 Å². The molecule has 140 valence electrons. The molecule has 1 unspecified atom stereocenters. The molecule has 1 aliphatic carbocycles. The van der Waals surface area contributed by atoms with Crippen LogP contribution in [0.3, 0.4) is 0 Å². The van der Waals surface area contributed by atoms with Crippen LogP contribution in [-0.2, 0) is 0 Å². The maximum atomic E-state index is 14.1. The van der Waals surface area contributed by atoms with Crippen molar-refractivity contribution in [2.24, 2.45) is 0 Å². The average molecular weight is 377 g/mol. The third-order valence-corrected chi connectivity index (χ3v) is 4.55. The largest absolute Gasteiger partial charge is 0.383 e. The Balaban J connectivity index is 0.000000400. The van der Waals surface area contributed by atoms with Crippen LogP contribution in [-0.4, -0.2) is 22.9 Å². The first-order chi connectivity index (χ1) is 12.9. The summed E-state index contributed by atoms with van der Waals surface area (Å²) < 4.78 is 52.0. The molecule has 0 saturated heterocycles. The van der Waals surface area contributed by atoms with Gasteiger partial charge in [0, 0.05) is 29.6 Å². The first-order valence-corrected chi connectivity index (χ1v) is 8.48. The minimum Gasteiger partial charge on any atom is -0.383 e. The topological polar surface area (TPSA) is 57.8 Å². The van der Waals surface area contributed by atoms with Crippen molar-refractivity contribution in [3.05, 3.63) is 69.4 Å². The van der Waals surface area contributed by atoms with Crippen LogP contribution in [0.15, 0.2) is 35.1 Å². The predicted octanol–water partition coefficient (Wildman–Crippen LogP) is 4.02. The number of nitrogens with one attached hydrogen (secondary N) is 2. The minimum atomic E-state index is -0.691. The smallest absolute Gasteiger partial charge is 0.272 e. The van der Waals surface area contributed by atoms with Crippen LogP contribution in [0.5, 0.6) is 0 Å². The minimum absolute atomic E-state index is 0.143. The number of aromatic amines is 1. The van der Waals surface area contributed by atoms with E-state index in [0.29, 0.717) is 16.8 Å². The summed E-state index contributed by atoms with van der Waals surface area (Å²) in [5, 5.41) is 9.93. The van der Waals surface area contributed by atoms with E-state index >= 15 is 0 Å². The second-order valence-electron chi connectivity index (χ2n) is 6.59. The van der Waals surface area contributed by atoms with Crippen molar-refractivity contribution in [3.63, 3.8) is 0 Å². The van der Waals surface area contributed by atoms with Crippen LogP contribution in [0, 0.1) is 17.5 Å². The van der Waals surface area contributed by atoms with Crippen molar-refractivity contribution in [3.8, 4) is 0 Å². The molecule has 0 amide bonds. The molecule has 1 aliphatic heterocycles. The quantitative estimate of drug-likeness (QED) is 0.630. The van der Waals surface area contributed by atoms with Crippen LogP contribution in [0.1, 0.15) is 30.0 Å². The molecule has 4 nitrogen and oxygen atoms in total. The van der Waals surface area contributed by atoms with Crippen molar-refractivity contribution < 1.29 is 17.6 Å². The van der Waals surface area contributed by atoms with E-state index in [0.717, 1.165) is 25.0 Å². The van der Waals surface area contributed by atoms with E-state index in [1.807, 2.05) is 0 Å². The number of hydrogen-bond acceptors (Lipinski definition) is 3. The van der Waals surface area contributed by atoms with Crippen molar-refractivity contribution >= 4 is 16.5 Å². The van der Waals surface area contributed by atoms with Gasteiger partial charge in [0.25, 0.3) is 5.56 Å². The van der Waals surface area contributed by atoms with E-state index in [9.17, 15) is 22.4 Å². The van der Waals surface area contributed by atoms with Gasteiger partial charge in [-0.2, -0.15) is 5.10 Å². The number of hydrogen-bond donors (Lipinski definition) is 2. The maximum Gasteiger partial charge on any atom is 0.272 e. The van der Waals surface area contributed by atoms with Gasteiger partial charge in [-0.15, -0.1) is 0 Å². The molecule has 2 heterocycles. The van der Waals surface area contributed by atoms with E-state index in [1.165, 1.54) is 18.2 Å². The number of nitrogens with zero attached hydrogens (tertiary/aromatic N) is 1. The summed E-state index contributed by atoms with van der Waals surface area (Å²) in [5.74, 6) is -2.43. The molecule has 2 aliphatic rings. The Hall–Kier alpha value is -2.90. The molecule has 5 rings (SSSR count). The number of aromatic nitrogens is 2. The summed E-state index contributed by atoms with van der Waals surface area (Å²) in [6.07, 6.45) is 1.22. The number of alkyl halides is 1. The van der Waals surface area contributed by atoms with Crippen LogP contribution in [0.25, 0.3) is 10.8 Å². The van der Waals surface area contributed by atoms with Crippen LogP contribution < -0.4 is 10.9 Å². The molecule has 1 fully saturated rings. The van der Waals surface area contributed by atoms with Crippen molar-refractivity contribution in [1.29, 1.82) is 0 Å². The summed E-state index contributed by atoms with van der Waals surface area (Å²) in [4.78, 5) is 11.9. The molecule has 27 heavy (non-hydrogen) atoms. The third kappa shape index (κ3) is 3.39.